The summed E-state index contributed by atoms with van der Waals surface area (Å²) in [6, 6.07) is 10.5. The number of rotatable bonds is 8. The van der Waals surface area contributed by atoms with Gasteiger partial charge in [-0.2, -0.15) is 0 Å². The predicted octanol–water partition coefficient (Wildman–Crippen LogP) is 5.53. The molecular weight excluding hydrogens is 462 g/mol. The van der Waals surface area contributed by atoms with E-state index < -0.39 is 0 Å². The number of methoxy groups -OCH3 is 2. The number of esters is 1. The molecule has 31 heavy (non-hydrogen) atoms. The van der Waals surface area contributed by atoms with Crippen molar-refractivity contribution in [3.8, 4) is 11.5 Å². The van der Waals surface area contributed by atoms with Gasteiger partial charge in [-0.15, -0.1) is 0 Å². The smallest absolute Gasteiger partial charge is 0.338 e. The number of amides is 1. The molecule has 3 rings (SSSR count). The molecular formula is C24H28BrNO5. The maximum atomic E-state index is 12.4. The van der Waals surface area contributed by atoms with Crippen LogP contribution >= 0.6 is 15.9 Å². The average molecular weight is 490 g/mol. The van der Waals surface area contributed by atoms with E-state index in [0.717, 1.165) is 35.7 Å². The molecule has 1 saturated carbocycles. The second-order valence-electron chi connectivity index (χ2n) is 7.59. The Morgan fingerprint density at radius 1 is 1.00 bits per heavy atom. The first kappa shape index (κ1) is 23.1. The molecule has 166 valence electrons. The van der Waals surface area contributed by atoms with Crippen LogP contribution in [0.4, 0.5) is 5.69 Å². The van der Waals surface area contributed by atoms with Crippen LogP contribution in [0, 0.1) is 0 Å². The molecule has 0 atom stereocenters. The van der Waals surface area contributed by atoms with Gasteiger partial charge in [0.1, 0.15) is 6.10 Å². The minimum atomic E-state index is -0.303. The summed E-state index contributed by atoms with van der Waals surface area (Å²) in [7, 11) is 3.16. The van der Waals surface area contributed by atoms with E-state index in [2.05, 4.69) is 21.2 Å². The van der Waals surface area contributed by atoms with Gasteiger partial charge in [0, 0.05) is 16.6 Å². The number of hydrogen-bond donors (Lipinski definition) is 1. The van der Waals surface area contributed by atoms with E-state index in [0.29, 0.717) is 35.6 Å². The van der Waals surface area contributed by atoms with Crippen molar-refractivity contribution in [2.75, 3.05) is 19.5 Å². The van der Waals surface area contributed by atoms with Crippen molar-refractivity contribution in [3.63, 3.8) is 0 Å². The Kier molecular flexibility index (Phi) is 8.35. The fraction of sp³-hybridized carbons (Fsp3) is 0.417. The molecule has 0 aliphatic heterocycles. The summed E-state index contributed by atoms with van der Waals surface area (Å²) in [5, 5.41) is 2.87. The van der Waals surface area contributed by atoms with E-state index >= 15 is 0 Å². The number of aryl methyl sites for hydroxylation is 1. The van der Waals surface area contributed by atoms with Gasteiger partial charge in [0.15, 0.2) is 11.5 Å². The summed E-state index contributed by atoms with van der Waals surface area (Å²) in [4.78, 5) is 24.7. The average Bonchev–Trinajstić information content (AvgIpc) is 2.79. The Labute approximate surface area is 191 Å². The first-order valence-corrected chi connectivity index (χ1v) is 11.3. The molecule has 6 nitrogen and oxygen atoms in total. The van der Waals surface area contributed by atoms with E-state index in [-0.39, 0.29) is 18.0 Å². The lowest BCUT2D eigenvalue weighted by Gasteiger charge is -2.21. The van der Waals surface area contributed by atoms with Crippen molar-refractivity contribution in [2.45, 2.75) is 51.0 Å². The van der Waals surface area contributed by atoms with Crippen LogP contribution in [-0.4, -0.2) is 32.2 Å². The number of anilines is 1. The van der Waals surface area contributed by atoms with Crippen molar-refractivity contribution < 1.29 is 23.8 Å². The highest BCUT2D eigenvalue weighted by Gasteiger charge is 2.19. The molecule has 0 unspecified atom stereocenters. The molecule has 1 fully saturated rings. The van der Waals surface area contributed by atoms with E-state index in [1.54, 1.807) is 38.5 Å². The minimum Gasteiger partial charge on any atom is -0.493 e. The third kappa shape index (κ3) is 6.47. The maximum Gasteiger partial charge on any atom is 0.338 e. The highest BCUT2D eigenvalue weighted by molar-refractivity contribution is 9.10. The molecule has 1 aliphatic carbocycles. The number of benzene rings is 2. The Morgan fingerprint density at radius 2 is 1.65 bits per heavy atom. The minimum absolute atomic E-state index is 0.0246. The van der Waals surface area contributed by atoms with Crippen LogP contribution in [0.15, 0.2) is 40.9 Å². The summed E-state index contributed by atoms with van der Waals surface area (Å²) < 4.78 is 17.0. The number of carbonyl (C=O) groups excluding carboxylic acids is 2. The lowest BCUT2D eigenvalue weighted by Crippen LogP contribution is -2.21. The summed E-state index contributed by atoms with van der Waals surface area (Å²) >= 11 is 3.51. The van der Waals surface area contributed by atoms with Gasteiger partial charge in [-0.1, -0.05) is 22.4 Å². The van der Waals surface area contributed by atoms with Crippen molar-refractivity contribution in [1.29, 1.82) is 0 Å². The normalized spacial score (nSPS) is 14.0. The third-order valence-corrected chi connectivity index (χ3v) is 6.14. The van der Waals surface area contributed by atoms with Crippen molar-refractivity contribution in [1.82, 2.24) is 0 Å². The largest absolute Gasteiger partial charge is 0.493 e. The summed E-state index contributed by atoms with van der Waals surface area (Å²) in [6.07, 6.45) is 6.19. The Morgan fingerprint density at radius 3 is 2.29 bits per heavy atom. The van der Waals surface area contributed by atoms with Crippen molar-refractivity contribution in [3.05, 3.63) is 52.0 Å². The van der Waals surface area contributed by atoms with Crippen LogP contribution in [0.2, 0.25) is 0 Å². The summed E-state index contributed by atoms with van der Waals surface area (Å²) in [6.45, 7) is 0. The van der Waals surface area contributed by atoms with E-state index in [1.807, 2.05) is 12.1 Å². The van der Waals surface area contributed by atoms with Crippen LogP contribution in [0.3, 0.4) is 0 Å². The highest BCUT2D eigenvalue weighted by Crippen LogP contribution is 2.33. The van der Waals surface area contributed by atoms with Crippen LogP contribution in [0.5, 0.6) is 11.5 Å². The number of carbonyl (C=O) groups is 2. The lowest BCUT2D eigenvalue weighted by molar-refractivity contribution is -0.116. The summed E-state index contributed by atoms with van der Waals surface area (Å²) in [5.74, 6) is 0.837. The van der Waals surface area contributed by atoms with E-state index in [1.165, 1.54) is 6.42 Å². The Balaban J connectivity index is 1.52. The zero-order valence-electron chi connectivity index (χ0n) is 17.9. The number of nitrogens with one attached hydrogen (secondary N) is 1. The zero-order valence-corrected chi connectivity index (χ0v) is 19.5. The molecule has 0 saturated heterocycles. The van der Waals surface area contributed by atoms with Gasteiger partial charge in [0.05, 0.1) is 19.8 Å². The van der Waals surface area contributed by atoms with Crippen LogP contribution in [0.25, 0.3) is 0 Å². The molecule has 0 spiro atoms. The molecule has 1 aliphatic rings. The Hall–Kier alpha value is -2.54. The maximum absolute atomic E-state index is 12.4. The highest BCUT2D eigenvalue weighted by atomic mass is 79.9. The number of halogens is 1. The summed E-state index contributed by atoms with van der Waals surface area (Å²) in [5.41, 5.74) is 2.09. The molecule has 1 N–H and O–H groups in total. The molecule has 0 aromatic heterocycles. The van der Waals surface area contributed by atoms with Crippen molar-refractivity contribution >= 4 is 33.5 Å². The van der Waals surface area contributed by atoms with Gasteiger partial charge >= 0.3 is 5.97 Å². The molecule has 0 heterocycles. The second-order valence-corrected chi connectivity index (χ2v) is 8.44. The SMILES string of the molecule is COc1cc(Br)c(CCC(=O)Nc2ccc(C(=O)OC3CCCCC3)cc2)cc1OC. The Bertz CT molecular complexity index is 907. The molecule has 0 bridgehead atoms. The first-order valence-electron chi connectivity index (χ1n) is 10.5. The van der Waals surface area contributed by atoms with Gasteiger partial charge in [0.25, 0.3) is 0 Å². The molecule has 7 heteroatoms. The first-order chi connectivity index (χ1) is 15.0. The van der Waals surface area contributed by atoms with Gasteiger partial charge in [-0.25, -0.2) is 4.79 Å². The number of ether oxygens (including phenoxy) is 3. The van der Waals surface area contributed by atoms with E-state index in [9.17, 15) is 9.59 Å². The van der Waals surface area contributed by atoms with Crippen molar-refractivity contribution in [2.24, 2.45) is 0 Å². The second kappa shape index (κ2) is 11.2. The third-order valence-electron chi connectivity index (χ3n) is 5.40. The number of hydrogen-bond acceptors (Lipinski definition) is 5. The molecule has 0 radical (unpaired) electrons. The van der Waals surface area contributed by atoms with Gasteiger partial charge in [0.2, 0.25) is 5.91 Å². The topological polar surface area (TPSA) is 73.9 Å². The lowest BCUT2D eigenvalue weighted by atomic mass is 9.98. The van der Waals surface area contributed by atoms with E-state index in [4.69, 9.17) is 14.2 Å². The van der Waals surface area contributed by atoms with Gasteiger partial charge in [-0.05, 0) is 74.1 Å². The standard InChI is InChI=1S/C24H28BrNO5/c1-29-21-14-17(20(25)15-22(21)30-2)10-13-23(27)26-18-11-8-16(9-12-18)24(28)31-19-6-4-3-5-7-19/h8-9,11-12,14-15,19H,3-7,10,13H2,1-2H3,(H,26,27). The fourth-order valence-corrected chi connectivity index (χ4v) is 4.17. The van der Waals surface area contributed by atoms with Gasteiger partial charge in [-0.3, -0.25) is 4.79 Å². The van der Waals surface area contributed by atoms with Gasteiger partial charge < -0.3 is 19.5 Å². The fourth-order valence-electron chi connectivity index (χ4n) is 3.65. The quantitative estimate of drug-likeness (QED) is 0.493. The van der Waals surface area contributed by atoms with Crippen LogP contribution in [-0.2, 0) is 16.0 Å². The molecule has 2 aromatic rings. The predicted molar refractivity (Wildman–Crippen MR) is 123 cm³/mol. The monoisotopic (exact) mass is 489 g/mol. The van der Waals surface area contributed by atoms with Crippen LogP contribution in [0.1, 0.15) is 54.4 Å². The molecule has 2 aromatic carbocycles. The van der Waals surface area contributed by atoms with Crippen LogP contribution < -0.4 is 14.8 Å². The zero-order chi connectivity index (χ0) is 22.2. The molecule has 1 amide bonds.